The zero-order valence-corrected chi connectivity index (χ0v) is 10.6. The van der Waals surface area contributed by atoms with Gasteiger partial charge in [0.15, 0.2) is 17.5 Å². The molecule has 0 aromatic heterocycles. The zero-order chi connectivity index (χ0) is 14.7. The Balaban J connectivity index is 2.16. The van der Waals surface area contributed by atoms with Crippen molar-refractivity contribution >= 4 is 0 Å². The van der Waals surface area contributed by atoms with Crippen LogP contribution in [-0.2, 0) is 6.42 Å². The molecule has 106 valence electrons. The average Bonchev–Trinajstić information content (AvgIpc) is 2.44. The van der Waals surface area contributed by atoms with Crippen molar-refractivity contribution in [3.8, 4) is 0 Å². The normalized spacial score (nSPS) is 14.1. The van der Waals surface area contributed by atoms with E-state index >= 15 is 0 Å². The maximum absolute atomic E-state index is 13.1. The van der Waals surface area contributed by atoms with E-state index in [1.807, 2.05) is 30.3 Å². The van der Waals surface area contributed by atoms with Crippen LogP contribution in [0.1, 0.15) is 17.2 Å². The Morgan fingerprint density at radius 1 is 1.00 bits per heavy atom. The molecule has 0 fully saturated rings. The summed E-state index contributed by atoms with van der Waals surface area (Å²) in [6, 6.07) is 9.67. The van der Waals surface area contributed by atoms with Crippen LogP contribution in [0.4, 0.5) is 13.2 Å². The molecule has 0 amide bonds. The molecule has 0 bridgehead atoms. The van der Waals surface area contributed by atoms with Crippen molar-refractivity contribution in [2.24, 2.45) is 5.73 Å². The SMILES string of the molecule is N[C@@H](c1cc(F)c(F)c(F)c1)[C@H](O)Cc1ccccc1. The first-order valence-corrected chi connectivity index (χ1v) is 6.11. The van der Waals surface area contributed by atoms with Crippen molar-refractivity contribution in [2.45, 2.75) is 18.6 Å². The van der Waals surface area contributed by atoms with E-state index in [2.05, 4.69) is 0 Å². The lowest BCUT2D eigenvalue weighted by Crippen LogP contribution is -2.28. The van der Waals surface area contributed by atoms with Gasteiger partial charge in [0.2, 0.25) is 0 Å². The van der Waals surface area contributed by atoms with Crippen LogP contribution in [0.25, 0.3) is 0 Å². The van der Waals surface area contributed by atoms with Crippen LogP contribution in [0.2, 0.25) is 0 Å². The smallest absolute Gasteiger partial charge is 0.194 e. The number of hydrogen-bond donors (Lipinski definition) is 2. The molecule has 0 aliphatic rings. The molecule has 2 aromatic rings. The van der Waals surface area contributed by atoms with E-state index in [0.717, 1.165) is 17.7 Å². The Labute approximate surface area is 114 Å². The third-order valence-electron chi connectivity index (χ3n) is 3.09. The molecule has 0 aliphatic heterocycles. The van der Waals surface area contributed by atoms with Crippen molar-refractivity contribution < 1.29 is 18.3 Å². The number of hydrogen-bond acceptors (Lipinski definition) is 2. The highest BCUT2D eigenvalue weighted by atomic mass is 19.2. The molecule has 2 nitrogen and oxygen atoms in total. The summed E-state index contributed by atoms with van der Waals surface area (Å²) in [5.74, 6) is -4.18. The summed E-state index contributed by atoms with van der Waals surface area (Å²) in [5.41, 5.74) is 6.63. The van der Waals surface area contributed by atoms with E-state index in [9.17, 15) is 18.3 Å². The van der Waals surface area contributed by atoms with Gasteiger partial charge in [0.25, 0.3) is 0 Å². The lowest BCUT2D eigenvalue weighted by atomic mass is 9.96. The van der Waals surface area contributed by atoms with Gasteiger partial charge in [0.05, 0.1) is 12.1 Å². The van der Waals surface area contributed by atoms with E-state index in [1.165, 1.54) is 0 Å². The Morgan fingerprint density at radius 2 is 1.55 bits per heavy atom. The second kappa shape index (κ2) is 6.07. The molecule has 0 radical (unpaired) electrons. The van der Waals surface area contributed by atoms with Crippen LogP contribution < -0.4 is 5.73 Å². The first-order valence-electron chi connectivity index (χ1n) is 6.11. The average molecular weight is 281 g/mol. The molecule has 0 spiro atoms. The zero-order valence-electron chi connectivity index (χ0n) is 10.6. The summed E-state index contributed by atoms with van der Waals surface area (Å²) >= 11 is 0. The number of rotatable bonds is 4. The number of halogens is 3. The van der Waals surface area contributed by atoms with Gasteiger partial charge in [0, 0.05) is 6.42 Å². The number of benzene rings is 2. The second-order valence-corrected chi connectivity index (χ2v) is 4.58. The van der Waals surface area contributed by atoms with Crippen LogP contribution in [0.15, 0.2) is 42.5 Å². The number of aliphatic hydroxyl groups is 1. The van der Waals surface area contributed by atoms with Gasteiger partial charge in [-0.05, 0) is 23.3 Å². The summed E-state index contributed by atoms with van der Waals surface area (Å²) in [4.78, 5) is 0. The predicted molar refractivity (Wildman–Crippen MR) is 69.4 cm³/mol. The van der Waals surface area contributed by atoms with Crippen LogP contribution in [0, 0.1) is 17.5 Å². The van der Waals surface area contributed by atoms with Crippen molar-refractivity contribution in [1.29, 1.82) is 0 Å². The van der Waals surface area contributed by atoms with Gasteiger partial charge in [-0.3, -0.25) is 0 Å². The summed E-state index contributed by atoms with van der Waals surface area (Å²) < 4.78 is 39.1. The molecule has 2 rings (SSSR count). The molecule has 0 saturated carbocycles. The fourth-order valence-electron chi connectivity index (χ4n) is 1.97. The minimum Gasteiger partial charge on any atom is -0.391 e. The third kappa shape index (κ3) is 3.18. The topological polar surface area (TPSA) is 46.2 Å². The van der Waals surface area contributed by atoms with Crippen LogP contribution in [0.5, 0.6) is 0 Å². The number of nitrogens with two attached hydrogens (primary N) is 1. The van der Waals surface area contributed by atoms with Gasteiger partial charge in [-0.15, -0.1) is 0 Å². The Bertz CT molecular complexity index is 566. The lowest BCUT2D eigenvalue weighted by Gasteiger charge is -2.19. The highest BCUT2D eigenvalue weighted by Gasteiger charge is 2.21. The Hall–Kier alpha value is -1.85. The van der Waals surface area contributed by atoms with Gasteiger partial charge in [-0.2, -0.15) is 0 Å². The largest absolute Gasteiger partial charge is 0.391 e. The molecule has 20 heavy (non-hydrogen) atoms. The minimum absolute atomic E-state index is 0.0184. The van der Waals surface area contributed by atoms with E-state index in [4.69, 9.17) is 5.73 Å². The molecule has 0 heterocycles. The Morgan fingerprint density at radius 3 is 2.10 bits per heavy atom. The summed E-state index contributed by atoms with van der Waals surface area (Å²) in [5, 5.41) is 10.0. The van der Waals surface area contributed by atoms with E-state index in [1.54, 1.807) is 0 Å². The molecular weight excluding hydrogens is 267 g/mol. The lowest BCUT2D eigenvalue weighted by molar-refractivity contribution is 0.144. The molecule has 0 aliphatic carbocycles. The van der Waals surface area contributed by atoms with Gasteiger partial charge in [0.1, 0.15) is 0 Å². The van der Waals surface area contributed by atoms with Crippen LogP contribution >= 0.6 is 0 Å². The summed E-state index contributed by atoms with van der Waals surface area (Å²) in [6.45, 7) is 0. The first-order chi connectivity index (χ1) is 9.49. The third-order valence-corrected chi connectivity index (χ3v) is 3.09. The first kappa shape index (κ1) is 14.6. The van der Waals surface area contributed by atoms with Crippen molar-refractivity contribution in [1.82, 2.24) is 0 Å². The maximum Gasteiger partial charge on any atom is 0.194 e. The maximum atomic E-state index is 13.1. The monoisotopic (exact) mass is 281 g/mol. The van der Waals surface area contributed by atoms with Gasteiger partial charge in [-0.25, -0.2) is 13.2 Å². The van der Waals surface area contributed by atoms with Gasteiger partial charge < -0.3 is 10.8 Å². The predicted octanol–water partition coefficient (Wildman–Crippen LogP) is 2.71. The van der Waals surface area contributed by atoms with Crippen molar-refractivity contribution in [3.05, 3.63) is 71.0 Å². The quantitative estimate of drug-likeness (QED) is 0.846. The number of aliphatic hydroxyl groups excluding tert-OH is 1. The molecule has 5 heteroatoms. The summed E-state index contributed by atoms with van der Waals surface area (Å²) in [6.07, 6.45) is -0.788. The molecule has 2 aromatic carbocycles. The minimum atomic E-state index is -1.54. The fourth-order valence-corrected chi connectivity index (χ4v) is 1.97. The van der Waals surface area contributed by atoms with E-state index in [-0.39, 0.29) is 12.0 Å². The summed E-state index contributed by atoms with van der Waals surface area (Å²) in [7, 11) is 0. The fraction of sp³-hybridized carbons (Fsp3) is 0.200. The highest BCUT2D eigenvalue weighted by Crippen LogP contribution is 2.21. The molecule has 2 atom stereocenters. The van der Waals surface area contributed by atoms with Crippen LogP contribution in [-0.4, -0.2) is 11.2 Å². The van der Waals surface area contributed by atoms with Crippen LogP contribution in [0.3, 0.4) is 0 Å². The molecule has 0 saturated heterocycles. The van der Waals surface area contributed by atoms with E-state index in [0.29, 0.717) is 0 Å². The van der Waals surface area contributed by atoms with Gasteiger partial charge >= 0.3 is 0 Å². The highest BCUT2D eigenvalue weighted by molar-refractivity contribution is 5.24. The van der Waals surface area contributed by atoms with Crippen molar-refractivity contribution in [2.75, 3.05) is 0 Å². The Kier molecular flexibility index (Phi) is 4.42. The molecular formula is C15H14F3NO. The molecule has 0 unspecified atom stereocenters. The van der Waals surface area contributed by atoms with Crippen molar-refractivity contribution in [3.63, 3.8) is 0 Å². The standard InChI is InChI=1S/C15H14F3NO/c16-11-7-10(8-12(17)14(11)18)15(19)13(20)6-9-4-2-1-3-5-9/h1-5,7-8,13,15,20H,6,19H2/t13-,15+/m1/s1. The van der Waals surface area contributed by atoms with Gasteiger partial charge in [-0.1, -0.05) is 30.3 Å². The molecule has 3 N–H and O–H groups in total. The second-order valence-electron chi connectivity index (χ2n) is 4.58. The van der Waals surface area contributed by atoms with E-state index < -0.39 is 29.6 Å².